The molecule has 1 heteroatoms. The molecule has 38 valence electrons. The van der Waals surface area contributed by atoms with Crippen molar-refractivity contribution in [2.75, 3.05) is 0 Å². The summed E-state index contributed by atoms with van der Waals surface area (Å²) < 4.78 is 2.72. The molecule has 0 unspecified atom stereocenters. The average Bonchev–Trinajstić information content (AvgIpc) is 2.33. The Hall–Kier alpha value is 0.799. The van der Waals surface area contributed by atoms with Crippen LogP contribution in [0.2, 0.25) is 7.87 Å². The van der Waals surface area contributed by atoms with Crippen LogP contribution in [0.25, 0.3) is 0 Å². The zero-order valence-electron chi connectivity index (χ0n) is 4.48. The molecule has 0 saturated heterocycles. The molecular formula is C6H10Sn. The van der Waals surface area contributed by atoms with Crippen molar-refractivity contribution in [2.24, 2.45) is 0 Å². The first-order valence-corrected chi connectivity index (χ1v) is 6.51. The van der Waals surface area contributed by atoms with Gasteiger partial charge < -0.3 is 0 Å². The molecule has 0 nitrogen and oxygen atoms in total. The fourth-order valence-corrected chi connectivity index (χ4v) is 5.59. The molecule has 0 N–H and O–H groups in total. The predicted octanol–water partition coefficient (Wildman–Crippen LogP) is 1.86. The van der Waals surface area contributed by atoms with Gasteiger partial charge in [-0.1, -0.05) is 0 Å². The molecule has 0 heterocycles. The van der Waals surface area contributed by atoms with Crippen LogP contribution in [-0.2, 0) is 0 Å². The third-order valence-corrected chi connectivity index (χ3v) is 7.61. The van der Waals surface area contributed by atoms with Gasteiger partial charge in [-0.05, 0) is 0 Å². The van der Waals surface area contributed by atoms with Gasteiger partial charge in [-0.2, -0.15) is 0 Å². The van der Waals surface area contributed by atoms with E-state index in [-0.39, 0.29) is 21.1 Å². The summed E-state index contributed by atoms with van der Waals surface area (Å²) in [5.74, 6) is 0. The second kappa shape index (κ2) is 1.64. The van der Waals surface area contributed by atoms with Crippen LogP contribution >= 0.6 is 0 Å². The van der Waals surface area contributed by atoms with E-state index >= 15 is 0 Å². The van der Waals surface area contributed by atoms with Crippen LogP contribution in [0.3, 0.4) is 0 Å². The topological polar surface area (TPSA) is 0 Å². The van der Waals surface area contributed by atoms with Gasteiger partial charge in [0.25, 0.3) is 0 Å². The number of hydrogen-bond donors (Lipinski definition) is 0. The van der Waals surface area contributed by atoms with Crippen LogP contribution < -0.4 is 0 Å². The Bertz CT molecular complexity index is 62.2. The summed E-state index contributed by atoms with van der Waals surface area (Å²) in [6.07, 6.45) is 6.51. The normalized spacial score (nSPS) is 30.9. The van der Waals surface area contributed by atoms with Gasteiger partial charge in [0.1, 0.15) is 0 Å². The van der Waals surface area contributed by atoms with Crippen LogP contribution in [0.15, 0.2) is 0 Å². The van der Waals surface area contributed by atoms with Crippen LogP contribution in [0.1, 0.15) is 25.7 Å². The maximum absolute atomic E-state index is 1.63. The minimum atomic E-state index is 0.261. The standard InChI is InChI=1S/2C3H5.Sn/c2*1-2-3-1;/h2*1H,2-3H2;. The van der Waals surface area contributed by atoms with Gasteiger partial charge in [-0.15, -0.1) is 0 Å². The van der Waals surface area contributed by atoms with Gasteiger partial charge in [0.05, 0.1) is 0 Å². The SMILES string of the molecule is C1C[CH]1[Sn][CH]1CC1. The molecule has 0 aromatic carbocycles. The molecule has 0 aromatic heterocycles. The van der Waals surface area contributed by atoms with E-state index in [1.165, 1.54) is 7.87 Å². The summed E-state index contributed by atoms with van der Waals surface area (Å²) in [6.45, 7) is 0. The molecule has 0 aliphatic heterocycles. The van der Waals surface area contributed by atoms with Crippen molar-refractivity contribution in [3.05, 3.63) is 0 Å². The summed E-state index contributed by atoms with van der Waals surface area (Å²) in [4.78, 5) is 0. The van der Waals surface area contributed by atoms with Gasteiger partial charge in [-0.3, -0.25) is 0 Å². The van der Waals surface area contributed by atoms with Crippen molar-refractivity contribution in [1.29, 1.82) is 0 Å². The average molecular weight is 201 g/mol. The molecule has 0 atom stereocenters. The van der Waals surface area contributed by atoms with E-state index in [2.05, 4.69) is 0 Å². The Kier molecular flexibility index (Phi) is 1.09. The Morgan fingerprint density at radius 3 is 1.57 bits per heavy atom. The van der Waals surface area contributed by atoms with Crippen molar-refractivity contribution in [2.45, 2.75) is 33.6 Å². The van der Waals surface area contributed by atoms with E-state index in [4.69, 9.17) is 0 Å². The molecule has 2 fully saturated rings. The molecule has 7 heavy (non-hydrogen) atoms. The van der Waals surface area contributed by atoms with Gasteiger partial charge in [0.15, 0.2) is 0 Å². The van der Waals surface area contributed by atoms with Crippen molar-refractivity contribution in [3.8, 4) is 0 Å². The first-order chi connectivity index (χ1) is 3.45. The number of rotatable bonds is 2. The van der Waals surface area contributed by atoms with E-state index in [0.29, 0.717) is 0 Å². The molecular weight excluding hydrogens is 191 g/mol. The van der Waals surface area contributed by atoms with Crippen molar-refractivity contribution in [3.63, 3.8) is 0 Å². The Morgan fingerprint density at radius 1 is 0.857 bits per heavy atom. The molecule has 0 bridgehead atoms. The second-order valence-electron chi connectivity index (χ2n) is 2.72. The van der Waals surface area contributed by atoms with Gasteiger partial charge in [-0.25, -0.2) is 0 Å². The third kappa shape index (κ3) is 1.34. The van der Waals surface area contributed by atoms with E-state index in [0.717, 1.165) is 0 Å². The predicted molar refractivity (Wildman–Crippen MR) is 31.7 cm³/mol. The Labute approximate surface area is 54.9 Å². The zero-order valence-corrected chi connectivity index (χ0v) is 7.34. The zero-order chi connectivity index (χ0) is 4.69. The maximum atomic E-state index is 1.63. The molecule has 0 spiro atoms. The summed E-state index contributed by atoms with van der Waals surface area (Å²) in [5.41, 5.74) is 0. The Balaban J connectivity index is 1.69. The van der Waals surface area contributed by atoms with Crippen LogP contribution in [0.5, 0.6) is 0 Å². The van der Waals surface area contributed by atoms with E-state index < -0.39 is 0 Å². The van der Waals surface area contributed by atoms with E-state index in [1.807, 2.05) is 0 Å². The fourth-order valence-electron chi connectivity index (χ4n) is 0.833. The quantitative estimate of drug-likeness (QED) is 0.598. The fraction of sp³-hybridized carbons (Fsp3) is 1.00. The molecule has 2 aliphatic rings. The molecule has 2 aliphatic carbocycles. The summed E-state index contributed by atoms with van der Waals surface area (Å²) >= 11 is 0.261. The van der Waals surface area contributed by atoms with Gasteiger partial charge >= 0.3 is 54.7 Å². The van der Waals surface area contributed by atoms with Crippen LogP contribution in [0, 0.1) is 0 Å². The van der Waals surface area contributed by atoms with Crippen LogP contribution in [-0.4, -0.2) is 21.1 Å². The van der Waals surface area contributed by atoms with E-state index in [1.54, 1.807) is 25.7 Å². The van der Waals surface area contributed by atoms with E-state index in [9.17, 15) is 0 Å². The molecule has 2 radical (unpaired) electrons. The summed E-state index contributed by atoms with van der Waals surface area (Å²) in [5, 5.41) is 0. The van der Waals surface area contributed by atoms with Crippen molar-refractivity contribution in [1.82, 2.24) is 0 Å². The molecule has 2 rings (SSSR count). The second-order valence-corrected chi connectivity index (χ2v) is 8.33. The molecule has 0 amide bonds. The first kappa shape index (κ1) is 4.66. The minimum absolute atomic E-state index is 0.261. The van der Waals surface area contributed by atoms with Gasteiger partial charge in [0, 0.05) is 0 Å². The molecule has 0 aromatic rings. The summed E-state index contributed by atoms with van der Waals surface area (Å²) in [7, 11) is 0. The molecule has 2 saturated carbocycles. The number of hydrogen-bond acceptors (Lipinski definition) is 0. The van der Waals surface area contributed by atoms with Gasteiger partial charge in [0.2, 0.25) is 0 Å². The summed E-state index contributed by atoms with van der Waals surface area (Å²) in [6, 6.07) is 0. The van der Waals surface area contributed by atoms with Crippen molar-refractivity contribution >= 4 is 21.1 Å². The monoisotopic (exact) mass is 202 g/mol. The first-order valence-electron chi connectivity index (χ1n) is 3.21. The Morgan fingerprint density at radius 2 is 1.29 bits per heavy atom. The van der Waals surface area contributed by atoms with Crippen molar-refractivity contribution < 1.29 is 0 Å². The third-order valence-electron chi connectivity index (χ3n) is 1.63. The van der Waals surface area contributed by atoms with Crippen LogP contribution in [0.4, 0.5) is 0 Å².